The summed E-state index contributed by atoms with van der Waals surface area (Å²) in [6.45, 7) is 2.25. The van der Waals surface area contributed by atoms with Crippen molar-refractivity contribution in [3.63, 3.8) is 0 Å². The van der Waals surface area contributed by atoms with Crippen LogP contribution in [0, 0.1) is 0 Å². The van der Waals surface area contributed by atoms with E-state index in [1.807, 2.05) is 12.1 Å². The SMILES string of the molecule is CCCCCCCCCc1ccc(C(CCCCC(=O)O)Sc2ccc(C(=O)O)cc2)cc1. The fourth-order valence-electron chi connectivity index (χ4n) is 3.93. The molecule has 0 radical (unpaired) electrons. The molecular formula is C28H38O4S. The number of carboxylic acids is 2. The molecule has 1 atom stereocenters. The Morgan fingerprint density at radius 1 is 0.788 bits per heavy atom. The zero-order valence-electron chi connectivity index (χ0n) is 19.8. The molecule has 0 aliphatic carbocycles. The van der Waals surface area contributed by atoms with Gasteiger partial charge in [0.05, 0.1) is 5.56 Å². The van der Waals surface area contributed by atoms with E-state index >= 15 is 0 Å². The fourth-order valence-corrected chi connectivity index (χ4v) is 5.12. The molecule has 0 bridgehead atoms. The number of benzene rings is 2. The van der Waals surface area contributed by atoms with E-state index in [2.05, 4.69) is 31.2 Å². The lowest BCUT2D eigenvalue weighted by Gasteiger charge is -2.18. The van der Waals surface area contributed by atoms with Gasteiger partial charge in [-0.1, -0.05) is 76.1 Å². The van der Waals surface area contributed by atoms with Crippen molar-refractivity contribution in [2.75, 3.05) is 0 Å². The predicted octanol–water partition coefficient (Wildman–Crippen LogP) is 8.16. The Kier molecular flexibility index (Phi) is 12.7. The van der Waals surface area contributed by atoms with Crippen molar-refractivity contribution in [1.82, 2.24) is 0 Å². The highest BCUT2D eigenvalue weighted by atomic mass is 32.2. The van der Waals surface area contributed by atoms with E-state index in [1.54, 1.807) is 23.9 Å². The number of aryl methyl sites for hydroxylation is 1. The van der Waals surface area contributed by atoms with Crippen molar-refractivity contribution in [2.45, 2.75) is 94.1 Å². The maximum absolute atomic E-state index is 11.1. The molecule has 1 unspecified atom stereocenters. The minimum Gasteiger partial charge on any atom is -0.481 e. The first-order valence-electron chi connectivity index (χ1n) is 12.3. The molecule has 0 aliphatic heterocycles. The number of carbonyl (C=O) groups is 2. The molecule has 5 heteroatoms. The van der Waals surface area contributed by atoms with Crippen LogP contribution >= 0.6 is 11.8 Å². The second-order valence-electron chi connectivity index (χ2n) is 8.69. The number of rotatable bonds is 17. The van der Waals surface area contributed by atoms with Crippen molar-refractivity contribution in [3.8, 4) is 0 Å². The van der Waals surface area contributed by atoms with Crippen LogP contribution in [0.25, 0.3) is 0 Å². The van der Waals surface area contributed by atoms with E-state index in [0.29, 0.717) is 6.42 Å². The highest BCUT2D eigenvalue weighted by molar-refractivity contribution is 7.99. The Morgan fingerprint density at radius 3 is 2.03 bits per heavy atom. The van der Waals surface area contributed by atoms with Gasteiger partial charge in [0.15, 0.2) is 0 Å². The Labute approximate surface area is 202 Å². The van der Waals surface area contributed by atoms with Crippen LogP contribution in [0.5, 0.6) is 0 Å². The molecule has 33 heavy (non-hydrogen) atoms. The zero-order chi connectivity index (χ0) is 23.9. The van der Waals surface area contributed by atoms with Crippen molar-refractivity contribution in [2.24, 2.45) is 0 Å². The first-order valence-corrected chi connectivity index (χ1v) is 13.2. The van der Waals surface area contributed by atoms with Crippen LogP contribution < -0.4 is 0 Å². The predicted molar refractivity (Wildman–Crippen MR) is 136 cm³/mol. The number of thioether (sulfide) groups is 1. The monoisotopic (exact) mass is 470 g/mol. The summed E-state index contributed by atoms with van der Waals surface area (Å²) in [5.74, 6) is -1.67. The van der Waals surface area contributed by atoms with Crippen LogP contribution in [0.3, 0.4) is 0 Å². The van der Waals surface area contributed by atoms with E-state index in [1.165, 1.54) is 56.1 Å². The minimum absolute atomic E-state index is 0.197. The molecule has 0 spiro atoms. The van der Waals surface area contributed by atoms with Gasteiger partial charge in [-0.3, -0.25) is 4.79 Å². The van der Waals surface area contributed by atoms with Gasteiger partial charge >= 0.3 is 11.9 Å². The lowest BCUT2D eigenvalue weighted by atomic mass is 10.0. The lowest BCUT2D eigenvalue weighted by Crippen LogP contribution is -1.99. The zero-order valence-corrected chi connectivity index (χ0v) is 20.6. The van der Waals surface area contributed by atoms with Crippen LogP contribution in [0.1, 0.15) is 104 Å². The van der Waals surface area contributed by atoms with Gasteiger partial charge in [0, 0.05) is 16.6 Å². The van der Waals surface area contributed by atoms with Gasteiger partial charge in [0.1, 0.15) is 0 Å². The molecule has 180 valence electrons. The van der Waals surface area contributed by atoms with Crippen LogP contribution in [0.2, 0.25) is 0 Å². The number of hydrogen-bond donors (Lipinski definition) is 2. The quantitative estimate of drug-likeness (QED) is 0.180. The Balaban J connectivity index is 1.93. The van der Waals surface area contributed by atoms with Crippen molar-refractivity contribution in [1.29, 1.82) is 0 Å². The van der Waals surface area contributed by atoms with E-state index in [9.17, 15) is 9.59 Å². The molecule has 0 heterocycles. The van der Waals surface area contributed by atoms with Gasteiger partial charge in [-0.2, -0.15) is 0 Å². The van der Waals surface area contributed by atoms with Crippen LogP contribution in [0.15, 0.2) is 53.4 Å². The second-order valence-corrected chi connectivity index (χ2v) is 9.96. The maximum Gasteiger partial charge on any atom is 0.335 e. The highest BCUT2D eigenvalue weighted by Crippen LogP contribution is 2.39. The largest absolute Gasteiger partial charge is 0.481 e. The van der Waals surface area contributed by atoms with Gasteiger partial charge in [-0.25, -0.2) is 4.79 Å². The molecule has 0 aliphatic rings. The van der Waals surface area contributed by atoms with Crippen molar-refractivity contribution in [3.05, 3.63) is 65.2 Å². The average molecular weight is 471 g/mol. The Bertz CT molecular complexity index is 830. The van der Waals surface area contributed by atoms with E-state index in [-0.39, 0.29) is 17.2 Å². The number of hydrogen-bond acceptors (Lipinski definition) is 3. The maximum atomic E-state index is 11.1. The molecule has 0 saturated carbocycles. The first kappa shape index (κ1) is 27.0. The molecule has 0 saturated heterocycles. The first-order chi connectivity index (χ1) is 16.0. The molecule has 4 nitrogen and oxygen atoms in total. The summed E-state index contributed by atoms with van der Waals surface area (Å²) in [6.07, 6.45) is 12.9. The van der Waals surface area contributed by atoms with E-state index in [4.69, 9.17) is 10.2 Å². The van der Waals surface area contributed by atoms with Gasteiger partial charge < -0.3 is 10.2 Å². The topological polar surface area (TPSA) is 74.6 Å². The number of unbranched alkanes of at least 4 members (excludes halogenated alkanes) is 7. The summed E-state index contributed by atoms with van der Waals surface area (Å²) in [5.41, 5.74) is 2.89. The molecule has 2 aromatic rings. The Morgan fingerprint density at radius 2 is 1.42 bits per heavy atom. The smallest absolute Gasteiger partial charge is 0.335 e. The lowest BCUT2D eigenvalue weighted by molar-refractivity contribution is -0.137. The molecule has 0 fully saturated rings. The summed E-state index contributed by atoms with van der Waals surface area (Å²) < 4.78 is 0. The molecular weight excluding hydrogens is 432 g/mol. The normalized spacial score (nSPS) is 11.9. The van der Waals surface area contributed by atoms with E-state index in [0.717, 1.165) is 24.2 Å². The van der Waals surface area contributed by atoms with Crippen LogP contribution in [-0.4, -0.2) is 22.2 Å². The third kappa shape index (κ3) is 10.9. The van der Waals surface area contributed by atoms with Gasteiger partial charge in [0.25, 0.3) is 0 Å². The second kappa shape index (κ2) is 15.5. The van der Waals surface area contributed by atoms with Crippen LogP contribution in [-0.2, 0) is 11.2 Å². The third-order valence-electron chi connectivity index (χ3n) is 5.91. The van der Waals surface area contributed by atoms with Gasteiger partial charge in [-0.15, -0.1) is 11.8 Å². The number of aromatic carboxylic acids is 1. The van der Waals surface area contributed by atoms with Gasteiger partial charge in [0.2, 0.25) is 0 Å². The molecule has 2 rings (SSSR count). The van der Waals surface area contributed by atoms with Crippen LogP contribution in [0.4, 0.5) is 0 Å². The highest BCUT2D eigenvalue weighted by Gasteiger charge is 2.14. The Hall–Kier alpha value is -2.27. The standard InChI is InChI=1S/C28H38O4S/c1-2-3-4-5-6-7-8-11-22-14-16-23(17-15-22)26(12-9-10-13-27(29)30)33-25-20-18-24(19-21-25)28(31)32/h14-21,26H,2-13H2,1H3,(H,29,30)(H,31,32). The molecule has 0 amide bonds. The minimum atomic E-state index is -0.923. The number of aliphatic carboxylic acids is 1. The summed E-state index contributed by atoms with van der Waals surface area (Å²) in [4.78, 5) is 23.0. The van der Waals surface area contributed by atoms with E-state index < -0.39 is 11.9 Å². The molecule has 0 aromatic heterocycles. The summed E-state index contributed by atoms with van der Waals surface area (Å²) in [6, 6.07) is 15.8. The van der Waals surface area contributed by atoms with Crippen molar-refractivity contribution >= 4 is 23.7 Å². The molecule has 2 aromatic carbocycles. The summed E-state index contributed by atoms with van der Waals surface area (Å²) in [5, 5.41) is 18.3. The van der Waals surface area contributed by atoms with Crippen molar-refractivity contribution < 1.29 is 19.8 Å². The third-order valence-corrected chi connectivity index (χ3v) is 7.24. The summed E-state index contributed by atoms with van der Waals surface area (Å²) >= 11 is 1.72. The number of carboxylic acid groups (broad SMARTS) is 2. The van der Waals surface area contributed by atoms with Gasteiger partial charge in [-0.05, 0) is 61.1 Å². The fraction of sp³-hybridized carbons (Fsp3) is 0.500. The average Bonchev–Trinajstić information content (AvgIpc) is 2.81. The molecule has 2 N–H and O–H groups in total. The summed E-state index contributed by atoms with van der Waals surface area (Å²) in [7, 11) is 0.